The van der Waals surface area contributed by atoms with Gasteiger partial charge in [-0.2, -0.15) is 0 Å². The van der Waals surface area contributed by atoms with Crippen molar-refractivity contribution >= 4 is 23.2 Å². The van der Waals surface area contributed by atoms with Crippen LogP contribution in [0.15, 0.2) is 41.9 Å². The number of anilines is 1. The smallest absolute Gasteiger partial charge is 0.216 e. The van der Waals surface area contributed by atoms with Crippen LogP contribution in [0, 0.1) is 5.92 Å². The second kappa shape index (κ2) is 7.95. The molecule has 1 aromatic rings. The van der Waals surface area contributed by atoms with Gasteiger partial charge in [0.2, 0.25) is 5.90 Å². The lowest BCUT2D eigenvalue weighted by molar-refractivity contribution is 0.384. The topological polar surface area (TPSA) is 47.6 Å². The average Bonchev–Trinajstić information content (AvgIpc) is 2.42. The molecule has 110 valence electrons. The zero-order valence-electron chi connectivity index (χ0n) is 12.3. The largest absolute Gasteiger partial charge is 0.481 e. The molecule has 0 aliphatic heterocycles. The summed E-state index contributed by atoms with van der Waals surface area (Å²) in [5.41, 5.74) is 7.36. The number of hydrogen-bond donors (Lipinski definition) is 1. The van der Waals surface area contributed by atoms with E-state index >= 15 is 0 Å². The van der Waals surface area contributed by atoms with Crippen LogP contribution in [0.1, 0.15) is 25.8 Å². The molecule has 0 saturated carbocycles. The van der Waals surface area contributed by atoms with Crippen LogP contribution in [0.2, 0.25) is 0 Å². The molecular weight excluding hydrogens is 272 g/mol. The van der Waals surface area contributed by atoms with Crippen LogP contribution in [0.3, 0.4) is 0 Å². The Kier molecular flexibility index (Phi) is 6.59. The molecule has 0 spiro atoms. The Bertz CT molecular complexity index is 471. The molecule has 3 nitrogen and oxygen atoms in total. The van der Waals surface area contributed by atoms with E-state index in [0.717, 1.165) is 12.0 Å². The van der Waals surface area contributed by atoms with Crippen LogP contribution < -0.4 is 5.73 Å². The number of hydrogen-bond acceptors (Lipinski definition) is 3. The van der Waals surface area contributed by atoms with E-state index in [0.29, 0.717) is 11.6 Å². The molecule has 0 aliphatic carbocycles. The van der Waals surface area contributed by atoms with Gasteiger partial charge in [-0.25, -0.2) is 4.99 Å². The number of nitrogens with zero attached hydrogens (tertiary/aromatic N) is 1. The summed E-state index contributed by atoms with van der Waals surface area (Å²) in [6, 6.07) is 7.54. The summed E-state index contributed by atoms with van der Waals surface area (Å²) >= 11 is 6.19. The molecule has 0 amide bonds. The number of nitrogens with two attached hydrogens (primary N) is 1. The third-order valence-corrected chi connectivity index (χ3v) is 3.75. The highest BCUT2D eigenvalue weighted by molar-refractivity contribution is 6.20. The Labute approximate surface area is 126 Å². The van der Waals surface area contributed by atoms with Crippen LogP contribution in [-0.4, -0.2) is 24.4 Å². The second-order valence-electron chi connectivity index (χ2n) is 4.89. The van der Waals surface area contributed by atoms with Crippen LogP contribution in [0.5, 0.6) is 0 Å². The van der Waals surface area contributed by atoms with Gasteiger partial charge in [-0.3, -0.25) is 0 Å². The number of benzene rings is 1. The molecule has 20 heavy (non-hydrogen) atoms. The molecule has 1 rings (SSSR count). The van der Waals surface area contributed by atoms with Crippen LogP contribution in [0.25, 0.3) is 0 Å². The van der Waals surface area contributed by atoms with Crippen LogP contribution in [0.4, 0.5) is 5.69 Å². The van der Waals surface area contributed by atoms with E-state index in [4.69, 9.17) is 27.1 Å². The van der Waals surface area contributed by atoms with Gasteiger partial charge in [0.1, 0.15) is 0 Å². The SMILES string of the molecule is C=CC[C@@H](/N=C(\OC)c1cccc(N)c1)[C@H](C)C(C)Cl. The summed E-state index contributed by atoms with van der Waals surface area (Å²) in [4.78, 5) is 4.70. The Morgan fingerprint density at radius 3 is 2.70 bits per heavy atom. The summed E-state index contributed by atoms with van der Waals surface area (Å²) in [6.45, 7) is 7.85. The predicted octanol–water partition coefficient (Wildman–Crippen LogP) is 3.87. The van der Waals surface area contributed by atoms with Gasteiger partial charge in [-0.1, -0.05) is 19.1 Å². The molecule has 1 unspecified atom stereocenters. The Hall–Kier alpha value is -1.48. The first-order valence-electron chi connectivity index (χ1n) is 6.72. The van der Waals surface area contributed by atoms with Gasteiger partial charge >= 0.3 is 0 Å². The first kappa shape index (κ1) is 16.6. The molecule has 1 aromatic carbocycles. The molecule has 0 aliphatic rings. The molecule has 0 bridgehead atoms. The second-order valence-corrected chi connectivity index (χ2v) is 5.58. The van der Waals surface area contributed by atoms with Gasteiger partial charge in [0, 0.05) is 16.6 Å². The molecule has 4 heteroatoms. The van der Waals surface area contributed by atoms with Crippen LogP contribution >= 0.6 is 11.6 Å². The standard InChI is InChI=1S/C16H23ClN2O/c1-5-7-15(11(2)12(3)17)19-16(20-4)13-8-6-9-14(18)10-13/h5-6,8-12,15H,1,7,18H2,2-4H3/b19-16-/t11-,12?,15-/m1/s1. The fraction of sp³-hybridized carbons (Fsp3) is 0.438. The fourth-order valence-corrected chi connectivity index (χ4v) is 2.10. The molecule has 0 saturated heterocycles. The minimum absolute atomic E-state index is 0.0302. The summed E-state index contributed by atoms with van der Waals surface area (Å²) in [5.74, 6) is 0.800. The Balaban J connectivity index is 3.08. The minimum Gasteiger partial charge on any atom is -0.481 e. The Morgan fingerprint density at radius 2 is 2.20 bits per heavy atom. The fourth-order valence-electron chi connectivity index (χ4n) is 1.93. The van der Waals surface area contributed by atoms with Crippen molar-refractivity contribution in [1.29, 1.82) is 0 Å². The van der Waals surface area contributed by atoms with Crippen molar-refractivity contribution in [2.75, 3.05) is 12.8 Å². The Morgan fingerprint density at radius 1 is 1.50 bits per heavy atom. The van der Waals surface area contributed by atoms with E-state index in [2.05, 4.69) is 13.5 Å². The predicted molar refractivity (Wildman–Crippen MR) is 87.5 cm³/mol. The lowest BCUT2D eigenvalue weighted by atomic mass is 9.96. The van der Waals surface area contributed by atoms with Crippen molar-refractivity contribution in [2.45, 2.75) is 31.7 Å². The summed E-state index contributed by atoms with van der Waals surface area (Å²) in [5, 5.41) is 0.0302. The van der Waals surface area contributed by atoms with Gasteiger partial charge in [0.05, 0.1) is 13.2 Å². The van der Waals surface area contributed by atoms with E-state index in [9.17, 15) is 0 Å². The van der Waals surface area contributed by atoms with Crippen LogP contribution in [-0.2, 0) is 4.74 Å². The van der Waals surface area contributed by atoms with E-state index in [1.54, 1.807) is 7.11 Å². The lowest BCUT2D eigenvalue weighted by Crippen LogP contribution is -2.24. The van der Waals surface area contributed by atoms with Gasteiger partial charge < -0.3 is 10.5 Å². The van der Waals surface area contributed by atoms with Crippen molar-refractivity contribution in [3.63, 3.8) is 0 Å². The third-order valence-electron chi connectivity index (χ3n) is 3.35. The zero-order valence-corrected chi connectivity index (χ0v) is 13.1. The first-order chi connectivity index (χ1) is 9.49. The van der Waals surface area contributed by atoms with Gasteiger partial charge in [0.25, 0.3) is 0 Å². The van der Waals surface area contributed by atoms with E-state index in [1.807, 2.05) is 37.3 Å². The number of halogens is 1. The normalized spacial score (nSPS) is 16.3. The lowest BCUT2D eigenvalue weighted by Gasteiger charge is -2.22. The number of alkyl halides is 1. The monoisotopic (exact) mass is 294 g/mol. The summed E-state index contributed by atoms with van der Waals surface area (Å²) in [6.07, 6.45) is 2.62. The number of rotatable bonds is 6. The molecule has 0 aromatic heterocycles. The van der Waals surface area contributed by atoms with E-state index < -0.39 is 0 Å². The van der Waals surface area contributed by atoms with E-state index in [-0.39, 0.29) is 17.3 Å². The van der Waals surface area contributed by atoms with Crippen molar-refractivity contribution in [3.8, 4) is 0 Å². The maximum Gasteiger partial charge on any atom is 0.216 e. The van der Waals surface area contributed by atoms with Gasteiger partial charge in [0.15, 0.2) is 0 Å². The highest BCUT2D eigenvalue weighted by Gasteiger charge is 2.21. The molecule has 0 fully saturated rings. The molecule has 3 atom stereocenters. The maximum absolute atomic E-state index is 6.19. The van der Waals surface area contributed by atoms with Crippen molar-refractivity contribution < 1.29 is 4.74 Å². The highest BCUT2D eigenvalue weighted by atomic mass is 35.5. The first-order valence-corrected chi connectivity index (χ1v) is 7.15. The highest BCUT2D eigenvalue weighted by Crippen LogP contribution is 2.21. The van der Waals surface area contributed by atoms with Crippen molar-refractivity contribution in [1.82, 2.24) is 0 Å². The summed E-state index contributed by atoms with van der Waals surface area (Å²) < 4.78 is 5.42. The molecule has 0 radical (unpaired) electrons. The van der Waals surface area contributed by atoms with Crippen molar-refractivity contribution in [2.24, 2.45) is 10.9 Å². The zero-order chi connectivity index (χ0) is 15.1. The quantitative estimate of drug-likeness (QED) is 0.285. The maximum atomic E-state index is 6.19. The molecule has 2 N–H and O–H groups in total. The van der Waals surface area contributed by atoms with Crippen molar-refractivity contribution in [3.05, 3.63) is 42.5 Å². The number of ether oxygens (including phenoxy) is 1. The average molecular weight is 295 g/mol. The number of aliphatic imine (C=N–C) groups is 1. The molecule has 0 heterocycles. The summed E-state index contributed by atoms with van der Waals surface area (Å²) in [7, 11) is 1.61. The van der Waals surface area contributed by atoms with Gasteiger partial charge in [-0.05, 0) is 37.5 Å². The molecular formula is C16H23ClN2O. The van der Waals surface area contributed by atoms with Gasteiger partial charge in [-0.15, -0.1) is 18.2 Å². The number of nitrogen functional groups attached to an aromatic ring is 1. The van der Waals surface area contributed by atoms with E-state index in [1.165, 1.54) is 0 Å². The minimum atomic E-state index is 0.0302. The number of methoxy groups -OCH3 is 1. The third kappa shape index (κ3) is 4.57.